The molecule has 0 aliphatic carbocycles. The number of carbonyl (C=O) groups is 1. The summed E-state index contributed by atoms with van der Waals surface area (Å²) in [6.45, 7) is 4.85. The van der Waals surface area contributed by atoms with Gasteiger partial charge in [-0.15, -0.1) is 0 Å². The highest BCUT2D eigenvalue weighted by Crippen LogP contribution is 2.18. The lowest BCUT2D eigenvalue weighted by Gasteiger charge is -2.24. The fourth-order valence-corrected chi connectivity index (χ4v) is 1.64. The lowest BCUT2D eigenvalue weighted by molar-refractivity contribution is -0.135. The highest BCUT2D eigenvalue weighted by molar-refractivity contribution is 6.30. The predicted molar refractivity (Wildman–Crippen MR) is 66.1 cm³/mol. The fraction of sp³-hybridized carbons (Fsp3) is 0.417. The van der Waals surface area contributed by atoms with Gasteiger partial charge in [-0.05, 0) is 30.2 Å². The molecule has 0 saturated heterocycles. The van der Waals surface area contributed by atoms with E-state index in [1.165, 1.54) is 0 Å². The highest BCUT2D eigenvalue weighted by atomic mass is 35.5. The van der Waals surface area contributed by atoms with Crippen LogP contribution in [0, 0.1) is 5.92 Å². The molecule has 1 N–H and O–H groups in total. The summed E-state index contributed by atoms with van der Waals surface area (Å²) in [5, 5.41) is 9.50. The standard InChI is InChI=1S/C12H16ClNO2/c1-9(2)7-14(8-12(15)16)11-5-3-10(13)4-6-11/h3-6,9H,7-8H2,1-2H3,(H,15,16). The summed E-state index contributed by atoms with van der Waals surface area (Å²) in [5.41, 5.74) is 0.889. The van der Waals surface area contributed by atoms with Crippen LogP contribution >= 0.6 is 11.6 Å². The van der Waals surface area contributed by atoms with Crippen molar-refractivity contribution in [2.24, 2.45) is 5.92 Å². The van der Waals surface area contributed by atoms with Crippen LogP contribution in [-0.4, -0.2) is 24.2 Å². The first-order chi connectivity index (χ1) is 7.49. The Labute approximate surface area is 101 Å². The first-order valence-electron chi connectivity index (χ1n) is 5.21. The Bertz CT molecular complexity index is 349. The molecule has 0 amide bonds. The van der Waals surface area contributed by atoms with Gasteiger partial charge in [-0.1, -0.05) is 25.4 Å². The van der Waals surface area contributed by atoms with Crippen LogP contribution in [0.2, 0.25) is 5.02 Å². The zero-order valence-electron chi connectivity index (χ0n) is 9.48. The van der Waals surface area contributed by atoms with Gasteiger partial charge >= 0.3 is 5.97 Å². The zero-order chi connectivity index (χ0) is 12.1. The second-order valence-electron chi connectivity index (χ2n) is 4.14. The number of rotatable bonds is 5. The number of hydrogen-bond donors (Lipinski definition) is 1. The number of carboxylic acids is 1. The first-order valence-corrected chi connectivity index (χ1v) is 5.59. The third kappa shape index (κ3) is 4.11. The number of anilines is 1. The Morgan fingerprint density at radius 1 is 1.38 bits per heavy atom. The van der Waals surface area contributed by atoms with Crippen LogP contribution in [0.15, 0.2) is 24.3 Å². The minimum atomic E-state index is -0.824. The van der Waals surface area contributed by atoms with E-state index in [0.29, 0.717) is 17.5 Å². The second kappa shape index (κ2) is 5.75. The van der Waals surface area contributed by atoms with Gasteiger partial charge in [-0.2, -0.15) is 0 Å². The smallest absolute Gasteiger partial charge is 0.323 e. The quantitative estimate of drug-likeness (QED) is 0.862. The lowest BCUT2D eigenvalue weighted by atomic mass is 10.2. The molecule has 0 heterocycles. The molecule has 1 rings (SSSR count). The minimum absolute atomic E-state index is 0.0137. The summed E-state index contributed by atoms with van der Waals surface area (Å²) >= 11 is 5.79. The molecular weight excluding hydrogens is 226 g/mol. The molecule has 0 spiro atoms. The summed E-state index contributed by atoms with van der Waals surface area (Å²) in [6.07, 6.45) is 0. The van der Waals surface area contributed by atoms with Gasteiger partial charge in [-0.3, -0.25) is 4.79 Å². The molecule has 1 aromatic rings. The molecule has 3 nitrogen and oxygen atoms in total. The maximum Gasteiger partial charge on any atom is 0.323 e. The van der Waals surface area contributed by atoms with Gasteiger partial charge in [-0.25, -0.2) is 0 Å². The third-order valence-electron chi connectivity index (χ3n) is 2.10. The molecule has 88 valence electrons. The second-order valence-corrected chi connectivity index (χ2v) is 4.58. The van der Waals surface area contributed by atoms with Crippen LogP contribution in [0.5, 0.6) is 0 Å². The SMILES string of the molecule is CC(C)CN(CC(=O)O)c1ccc(Cl)cc1. The molecule has 0 atom stereocenters. The van der Waals surface area contributed by atoms with E-state index in [9.17, 15) is 4.79 Å². The van der Waals surface area contributed by atoms with Gasteiger partial charge in [0.2, 0.25) is 0 Å². The van der Waals surface area contributed by atoms with Gasteiger partial charge in [0.15, 0.2) is 0 Å². The largest absolute Gasteiger partial charge is 0.480 e. The molecular formula is C12H16ClNO2. The molecule has 1 aromatic carbocycles. The van der Waals surface area contributed by atoms with E-state index >= 15 is 0 Å². The van der Waals surface area contributed by atoms with Gasteiger partial charge in [0.05, 0.1) is 0 Å². The van der Waals surface area contributed by atoms with E-state index in [-0.39, 0.29) is 6.54 Å². The third-order valence-corrected chi connectivity index (χ3v) is 2.36. The van der Waals surface area contributed by atoms with Crippen LogP contribution in [-0.2, 0) is 4.79 Å². The van der Waals surface area contributed by atoms with Gasteiger partial charge in [0.1, 0.15) is 6.54 Å². The Balaban J connectivity index is 2.82. The minimum Gasteiger partial charge on any atom is -0.480 e. The van der Waals surface area contributed by atoms with Crippen molar-refractivity contribution in [3.63, 3.8) is 0 Å². The van der Waals surface area contributed by atoms with Crippen molar-refractivity contribution in [3.8, 4) is 0 Å². The monoisotopic (exact) mass is 241 g/mol. The van der Waals surface area contributed by atoms with Gasteiger partial charge < -0.3 is 10.0 Å². The van der Waals surface area contributed by atoms with Crippen molar-refractivity contribution in [3.05, 3.63) is 29.3 Å². The van der Waals surface area contributed by atoms with Gasteiger partial charge in [0, 0.05) is 17.3 Å². The van der Waals surface area contributed by atoms with Crippen molar-refractivity contribution in [2.45, 2.75) is 13.8 Å². The van der Waals surface area contributed by atoms with Crippen molar-refractivity contribution < 1.29 is 9.90 Å². The normalized spacial score (nSPS) is 10.5. The van der Waals surface area contributed by atoms with E-state index in [4.69, 9.17) is 16.7 Å². The Morgan fingerprint density at radius 2 is 1.94 bits per heavy atom. The van der Waals surface area contributed by atoms with Crippen molar-refractivity contribution >= 4 is 23.3 Å². The topological polar surface area (TPSA) is 40.5 Å². The van der Waals surface area contributed by atoms with Crippen molar-refractivity contribution in [1.82, 2.24) is 0 Å². The molecule has 0 radical (unpaired) electrons. The van der Waals surface area contributed by atoms with Crippen LogP contribution in [0.4, 0.5) is 5.69 Å². The zero-order valence-corrected chi connectivity index (χ0v) is 10.2. The number of benzene rings is 1. The van der Waals surface area contributed by atoms with Crippen LogP contribution in [0.3, 0.4) is 0 Å². The number of halogens is 1. The summed E-state index contributed by atoms with van der Waals surface area (Å²) in [4.78, 5) is 12.6. The summed E-state index contributed by atoms with van der Waals surface area (Å²) in [7, 11) is 0. The predicted octanol–water partition coefficient (Wildman–Crippen LogP) is 2.89. The molecule has 0 unspecified atom stereocenters. The summed E-state index contributed by atoms with van der Waals surface area (Å²) < 4.78 is 0. The van der Waals surface area contributed by atoms with Crippen molar-refractivity contribution in [1.29, 1.82) is 0 Å². The average molecular weight is 242 g/mol. The van der Waals surface area contributed by atoms with E-state index in [1.54, 1.807) is 12.1 Å². The number of hydrogen-bond acceptors (Lipinski definition) is 2. The average Bonchev–Trinajstić information content (AvgIpc) is 2.16. The van der Waals surface area contributed by atoms with E-state index in [0.717, 1.165) is 5.69 Å². The van der Waals surface area contributed by atoms with E-state index in [2.05, 4.69) is 13.8 Å². The van der Waals surface area contributed by atoms with E-state index in [1.807, 2.05) is 17.0 Å². The molecule has 0 aliphatic heterocycles. The fourth-order valence-electron chi connectivity index (χ4n) is 1.52. The first kappa shape index (κ1) is 12.8. The van der Waals surface area contributed by atoms with Crippen LogP contribution in [0.25, 0.3) is 0 Å². The van der Waals surface area contributed by atoms with E-state index < -0.39 is 5.97 Å². The molecule has 0 aliphatic rings. The highest BCUT2D eigenvalue weighted by Gasteiger charge is 2.11. The number of aliphatic carboxylic acids is 1. The molecule has 0 saturated carbocycles. The number of nitrogens with zero attached hydrogens (tertiary/aromatic N) is 1. The Kier molecular flexibility index (Phi) is 4.62. The lowest BCUT2D eigenvalue weighted by Crippen LogP contribution is -2.32. The van der Waals surface area contributed by atoms with Gasteiger partial charge in [0.25, 0.3) is 0 Å². The summed E-state index contributed by atoms with van der Waals surface area (Å²) in [5.74, 6) is -0.411. The van der Waals surface area contributed by atoms with Crippen molar-refractivity contribution in [2.75, 3.05) is 18.0 Å². The van der Waals surface area contributed by atoms with Crippen LogP contribution in [0.1, 0.15) is 13.8 Å². The maximum absolute atomic E-state index is 10.8. The molecule has 0 fully saturated rings. The number of carboxylic acid groups (broad SMARTS) is 1. The maximum atomic E-state index is 10.8. The summed E-state index contributed by atoms with van der Waals surface area (Å²) in [6, 6.07) is 7.22. The molecule has 16 heavy (non-hydrogen) atoms. The molecule has 4 heteroatoms. The van der Waals surface area contributed by atoms with Crippen LogP contribution < -0.4 is 4.90 Å². The Hall–Kier alpha value is -1.22. The Morgan fingerprint density at radius 3 is 2.38 bits per heavy atom. The molecule has 0 aromatic heterocycles. The molecule has 0 bridgehead atoms.